The Labute approximate surface area is 193 Å². The first kappa shape index (κ1) is 22.8. The van der Waals surface area contributed by atoms with Gasteiger partial charge in [-0.05, 0) is 49.2 Å². The summed E-state index contributed by atoms with van der Waals surface area (Å²) in [5.74, 6) is 0.674. The van der Waals surface area contributed by atoms with Crippen molar-refractivity contribution >= 4 is 23.0 Å². The summed E-state index contributed by atoms with van der Waals surface area (Å²) in [4.78, 5) is 29.9. The first-order chi connectivity index (χ1) is 15.9. The summed E-state index contributed by atoms with van der Waals surface area (Å²) >= 11 is 0. The second-order valence-corrected chi connectivity index (χ2v) is 8.51. The summed E-state index contributed by atoms with van der Waals surface area (Å²) in [6.07, 6.45) is 0. The molecule has 2 saturated heterocycles. The molecule has 4 rings (SSSR count). The van der Waals surface area contributed by atoms with Crippen molar-refractivity contribution in [2.45, 2.75) is 13.8 Å². The van der Waals surface area contributed by atoms with Crippen LogP contribution >= 0.6 is 0 Å². The van der Waals surface area contributed by atoms with Gasteiger partial charge in [-0.25, -0.2) is 0 Å². The molecular formula is C24H30N4O5. The number of carbonyl (C=O) groups is 1. The third-order valence-corrected chi connectivity index (χ3v) is 6.06. The number of amides is 1. The molecule has 2 aliphatic heterocycles. The van der Waals surface area contributed by atoms with E-state index >= 15 is 0 Å². The predicted molar refractivity (Wildman–Crippen MR) is 126 cm³/mol. The Morgan fingerprint density at radius 2 is 1.64 bits per heavy atom. The molecule has 9 nitrogen and oxygen atoms in total. The summed E-state index contributed by atoms with van der Waals surface area (Å²) in [6, 6.07) is 11.2. The van der Waals surface area contributed by atoms with Crippen LogP contribution in [0.2, 0.25) is 0 Å². The van der Waals surface area contributed by atoms with Crippen LogP contribution in [-0.4, -0.2) is 74.8 Å². The van der Waals surface area contributed by atoms with E-state index in [0.29, 0.717) is 63.9 Å². The first-order valence-corrected chi connectivity index (χ1v) is 11.3. The molecule has 176 valence electrons. The van der Waals surface area contributed by atoms with Crippen LogP contribution in [0.4, 0.5) is 17.1 Å². The predicted octanol–water partition coefficient (Wildman–Crippen LogP) is 2.78. The Morgan fingerprint density at radius 3 is 2.27 bits per heavy atom. The molecule has 0 N–H and O–H groups in total. The molecule has 0 bridgehead atoms. The molecule has 33 heavy (non-hydrogen) atoms. The summed E-state index contributed by atoms with van der Waals surface area (Å²) in [5, 5.41) is 11.5. The number of nitro groups is 1. The minimum atomic E-state index is -0.332. The second kappa shape index (κ2) is 10.1. The molecule has 0 saturated carbocycles. The van der Waals surface area contributed by atoms with E-state index in [1.807, 2.05) is 41.8 Å². The average molecular weight is 455 g/mol. The molecule has 0 aliphatic carbocycles. The van der Waals surface area contributed by atoms with Crippen LogP contribution in [0.25, 0.3) is 0 Å². The molecule has 0 atom stereocenters. The van der Waals surface area contributed by atoms with Crippen molar-refractivity contribution in [3.05, 3.63) is 57.6 Å². The van der Waals surface area contributed by atoms with Gasteiger partial charge in [0.15, 0.2) is 6.61 Å². The average Bonchev–Trinajstić information content (AvgIpc) is 2.82. The topological polar surface area (TPSA) is 88.4 Å². The zero-order valence-corrected chi connectivity index (χ0v) is 19.2. The number of carbonyl (C=O) groups excluding carboxylic acids is 1. The monoisotopic (exact) mass is 454 g/mol. The highest BCUT2D eigenvalue weighted by Gasteiger charge is 2.26. The van der Waals surface area contributed by atoms with Gasteiger partial charge in [-0.1, -0.05) is 6.07 Å². The van der Waals surface area contributed by atoms with E-state index in [1.165, 1.54) is 0 Å². The Bertz CT molecular complexity index is 994. The van der Waals surface area contributed by atoms with Crippen LogP contribution in [0.3, 0.4) is 0 Å². The summed E-state index contributed by atoms with van der Waals surface area (Å²) in [7, 11) is 0. The fraction of sp³-hybridized carbons (Fsp3) is 0.458. The van der Waals surface area contributed by atoms with E-state index in [1.54, 1.807) is 12.1 Å². The van der Waals surface area contributed by atoms with Gasteiger partial charge in [0.2, 0.25) is 0 Å². The molecule has 0 spiro atoms. The molecule has 0 unspecified atom stereocenters. The lowest BCUT2D eigenvalue weighted by molar-refractivity contribution is -0.384. The van der Waals surface area contributed by atoms with Gasteiger partial charge >= 0.3 is 0 Å². The Morgan fingerprint density at radius 1 is 0.970 bits per heavy atom. The van der Waals surface area contributed by atoms with Crippen molar-refractivity contribution in [1.82, 2.24) is 4.90 Å². The number of nitrogens with zero attached hydrogens (tertiary/aromatic N) is 4. The number of anilines is 2. The van der Waals surface area contributed by atoms with Crippen LogP contribution in [-0.2, 0) is 9.53 Å². The van der Waals surface area contributed by atoms with Crippen LogP contribution < -0.4 is 14.5 Å². The highest BCUT2D eigenvalue weighted by Crippen LogP contribution is 2.33. The number of hydrogen-bond donors (Lipinski definition) is 0. The Balaban J connectivity index is 1.37. The van der Waals surface area contributed by atoms with Crippen LogP contribution in [0.15, 0.2) is 36.4 Å². The quantitative estimate of drug-likeness (QED) is 0.490. The number of benzene rings is 2. The molecule has 2 fully saturated rings. The highest BCUT2D eigenvalue weighted by molar-refractivity contribution is 5.78. The van der Waals surface area contributed by atoms with Crippen molar-refractivity contribution in [2.75, 3.05) is 68.9 Å². The van der Waals surface area contributed by atoms with E-state index in [-0.39, 0.29) is 23.1 Å². The van der Waals surface area contributed by atoms with E-state index in [2.05, 4.69) is 11.0 Å². The molecule has 2 aromatic carbocycles. The maximum Gasteiger partial charge on any atom is 0.292 e. The normalized spacial score (nSPS) is 16.6. The van der Waals surface area contributed by atoms with Crippen LogP contribution in [0.1, 0.15) is 11.1 Å². The number of nitro benzene ring substituents is 1. The largest absolute Gasteiger partial charge is 0.484 e. The van der Waals surface area contributed by atoms with E-state index in [4.69, 9.17) is 9.47 Å². The molecule has 2 aromatic rings. The summed E-state index contributed by atoms with van der Waals surface area (Å²) in [5.41, 5.74) is 3.87. The lowest BCUT2D eigenvalue weighted by Gasteiger charge is -2.36. The number of hydrogen-bond acceptors (Lipinski definition) is 7. The zero-order valence-electron chi connectivity index (χ0n) is 19.2. The standard InChI is InChI=1S/C24H30N4O5/c1-18-13-19(2)15-21(14-18)33-17-24(29)27-7-5-25(6-8-27)20-3-4-22(28(30)31)23(16-20)26-9-11-32-12-10-26/h3-4,13-16H,5-12,17H2,1-2H3. The summed E-state index contributed by atoms with van der Waals surface area (Å²) < 4.78 is 11.1. The molecule has 2 heterocycles. The third kappa shape index (κ3) is 5.54. The smallest absolute Gasteiger partial charge is 0.292 e. The lowest BCUT2D eigenvalue weighted by Crippen LogP contribution is -2.50. The molecule has 9 heteroatoms. The highest BCUT2D eigenvalue weighted by atomic mass is 16.6. The van der Waals surface area contributed by atoms with E-state index in [9.17, 15) is 14.9 Å². The lowest BCUT2D eigenvalue weighted by atomic mass is 10.1. The Hall–Kier alpha value is -3.33. The fourth-order valence-electron chi connectivity index (χ4n) is 4.39. The van der Waals surface area contributed by atoms with Crippen molar-refractivity contribution in [3.63, 3.8) is 0 Å². The minimum Gasteiger partial charge on any atom is -0.484 e. The van der Waals surface area contributed by atoms with Crippen molar-refractivity contribution < 1.29 is 19.2 Å². The zero-order chi connectivity index (χ0) is 23.4. The van der Waals surface area contributed by atoms with Gasteiger partial charge in [0.25, 0.3) is 11.6 Å². The van der Waals surface area contributed by atoms with Gasteiger partial charge < -0.3 is 24.2 Å². The van der Waals surface area contributed by atoms with E-state index in [0.717, 1.165) is 16.8 Å². The molecule has 2 aliphatic rings. The minimum absolute atomic E-state index is 0.0155. The molecule has 0 aromatic heterocycles. The number of aryl methyl sites for hydroxylation is 2. The summed E-state index contributed by atoms with van der Waals surface area (Å²) in [6.45, 7) is 8.90. The number of rotatable bonds is 6. The Kier molecular flexibility index (Phi) is 6.98. The first-order valence-electron chi connectivity index (χ1n) is 11.3. The van der Waals surface area contributed by atoms with Gasteiger partial charge in [-0.15, -0.1) is 0 Å². The third-order valence-electron chi connectivity index (χ3n) is 6.06. The van der Waals surface area contributed by atoms with Crippen molar-refractivity contribution in [3.8, 4) is 5.75 Å². The second-order valence-electron chi connectivity index (χ2n) is 8.51. The SMILES string of the molecule is Cc1cc(C)cc(OCC(=O)N2CCN(c3ccc([N+](=O)[O-])c(N4CCOCC4)c3)CC2)c1. The van der Waals surface area contributed by atoms with Crippen LogP contribution in [0, 0.1) is 24.0 Å². The van der Waals surface area contributed by atoms with Gasteiger partial charge in [-0.3, -0.25) is 14.9 Å². The molecule has 1 amide bonds. The fourth-order valence-corrected chi connectivity index (χ4v) is 4.39. The number of morpholine rings is 1. The number of ether oxygens (including phenoxy) is 2. The molecular weight excluding hydrogens is 424 g/mol. The number of piperazine rings is 1. The van der Waals surface area contributed by atoms with Gasteiger partial charge in [0, 0.05) is 51.0 Å². The van der Waals surface area contributed by atoms with Gasteiger partial charge in [0.1, 0.15) is 11.4 Å². The maximum absolute atomic E-state index is 12.7. The van der Waals surface area contributed by atoms with Crippen molar-refractivity contribution in [2.24, 2.45) is 0 Å². The van der Waals surface area contributed by atoms with Gasteiger partial charge in [-0.2, -0.15) is 0 Å². The van der Waals surface area contributed by atoms with Crippen LogP contribution in [0.5, 0.6) is 5.75 Å². The maximum atomic E-state index is 12.7. The van der Waals surface area contributed by atoms with Gasteiger partial charge in [0.05, 0.1) is 18.1 Å². The molecule has 0 radical (unpaired) electrons. The van der Waals surface area contributed by atoms with E-state index < -0.39 is 0 Å². The van der Waals surface area contributed by atoms with Crippen molar-refractivity contribution in [1.29, 1.82) is 0 Å².